The molecule has 10 heteroatoms. The van der Waals surface area contributed by atoms with Crippen LogP contribution < -0.4 is 9.47 Å². The minimum atomic E-state index is -0.0954. The molecule has 1 aromatic carbocycles. The molecule has 4 heterocycles. The Kier molecular flexibility index (Phi) is 5.14. The van der Waals surface area contributed by atoms with Crippen LogP contribution in [0.5, 0.6) is 11.5 Å². The second-order valence-electron chi connectivity index (χ2n) is 7.48. The molecule has 0 saturated carbocycles. The van der Waals surface area contributed by atoms with Crippen LogP contribution in [0, 0.1) is 0 Å². The van der Waals surface area contributed by atoms with Crippen LogP contribution in [-0.2, 0) is 7.05 Å². The number of carbonyl (C=O) groups is 1. The van der Waals surface area contributed by atoms with Crippen LogP contribution in [-0.4, -0.2) is 58.0 Å². The van der Waals surface area contributed by atoms with Crippen molar-refractivity contribution in [2.75, 3.05) is 27.3 Å². The summed E-state index contributed by atoms with van der Waals surface area (Å²) in [6, 6.07) is 9.20. The third-order valence-electron chi connectivity index (χ3n) is 5.52. The molecule has 1 fully saturated rings. The number of benzene rings is 1. The maximum atomic E-state index is 13.1. The summed E-state index contributed by atoms with van der Waals surface area (Å²) in [5.74, 6) is 2.42. The predicted octanol–water partition coefficient (Wildman–Crippen LogP) is 3.46. The highest BCUT2D eigenvalue weighted by atomic mass is 32.1. The second-order valence-corrected chi connectivity index (χ2v) is 8.26. The molecule has 0 N–H and O–H groups in total. The Morgan fingerprint density at radius 2 is 2.03 bits per heavy atom. The molecular formula is C22H21N5O4S. The van der Waals surface area contributed by atoms with E-state index in [1.807, 2.05) is 35.0 Å². The smallest absolute Gasteiger partial charge is 0.272 e. The summed E-state index contributed by atoms with van der Waals surface area (Å²) in [6.07, 6.45) is 0. The lowest BCUT2D eigenvalue weighted by Crippen LogP contribution is -2.49. The van der Waals surface area contributed by atoms with E-state index >= 15 is 0 Å². The zero-order chi connectivity index (χ0) is 22.2. The van der Waals surface area contributed by atoms with E-state index in [-0.39, 0.29) is 11.8 Å². The fourth-order valence-corrected chi connectivity index (χ4v) is 4.32. The number of ether oxygens (including phenoxy) is 2. The van der Waals surface area contributed by atoms with Crippen molar-refractivity contribution in [2.24, 2.45) is 7.05 Å². The molecule has 5 rings (SSSR count). The predicted molar refractivity (Wildman–Crippen MR) is 118 cm³/mol. The molecule has 0 aliphatic carbocycles. The quantitative estimate of drug-likeness (QED) is 0.443. The summed E-state index contributed by atoms with van der Waals surface area (Å²) in [5.41, 5.74) is 2.83. The molecule has 0 unspecified atom stereocenters. The molecule has 164 valence electrons. The van der Waals surface area contributed by atoms with Crippen molar-refractivity contribution in [1.29, 1.82) is 0 Å². The maximum Gasteiger partial charge on any atom is 0.272 e. The maximum absolute atomic E-state index is 13.1. The van der Waals surface area contributed by atoms with E-state index in [1.54, 1.807) is 48.3 Å². The number of amides is 1. The normalized spacial score (nSPS) is 13.8. The summed E-state index contributed by atoms with van der Waals surface area (Å²) >= 11 is 1.58. The van der Waals surface area contributed by atoms with Crippen LogP contribution in [0.3, 0.4) is 0 Å². The van der Waals surface area contributed by atoms with Gasteiger partial charge in [-0.3, -0.25) is 9.48 Å². The largest absolute Gasteiger partial charge is 0.497 e. The molecule has 4 aromatic rings. The monoisotopic (exact) mass is 451 g/mol. The lowest BCUT2D eigenvalue weighted by atomic mass is 9.99. The zero-order valence-corrected chi connectivity index (χ0v) is 18.6. The number of likely N-dealkylation sites (tertiary alicyclic amines) is 1. The van der Waals surface area contributed by atoms with Crippen LogP contribution in [0.1, 0.15) is 22.3 Å². The van der Waals surface area contributed by atoms with Crippen LogP contribution in [0.15, 0.2) is 45.6 Å². The Hall–Kier alpha value is -3.66. The molecule has 3 aromatic heterocycles. The van der Waals surface area contributed by atoms with E-state index in [0.29, 0.717) is 47.7 Å². The molecule has 9 nitrogen and oxygen atoms in total. The van der Waals surface area contributed by atoms with Crippen LogP contribution in [0.25, 0.3) is 22.6 Å². The lowest BCUT2D eigenvalue weighted by molar-refractivity contribution is 0.0558. The van der Waals surface area contributed by atoms with Gasteiger partial charge in [-0.05, 0) is 35.7 Å². The van der Waals surface area contributed by atoms with Crippen molar-refractivity contribution < 1.29 is 18.8 Å². The first-order valence-electron chi connectivity index (χ1n) is 9.99. The van der Waals surface area contributed by atoms with Gasteiger partial charge in [0.2, 0.25) is 11.7 Å². The summed E-state index contributed by atoms with van der Waals surface area (Å²) in [5, 5.41) is 12.5. The van der Waals surface area contributed by atoms with Crippen LogP contribution in [0.2, 0.25) is 0 Å². The number of hydrogen-bond donors (Lipinski definition) is 0. The first-order valence-corrected chi connectivity index (χ1v) is 10.9. The number of aryl methyl sites for hydroxylation is 1. The second kappa shape index (κ2) is 8.12. The molecule has 0 atom stereocenters. The minimum Gasteiger partial charge on any atom is -0.497 e. The molecule has 1 aliphatic rings. The molecule has 1 amide bonds. The Labute approximate surface area is 188 Å². The summed E-state index contributed by atoms with van der Waals surface area (Å²) in [6.45, 7) is 1.04. The fourth-order valence-electron chi connectivity index (χ4n) is 3.69. The first kappa shape index (κ1) is 20.3. The number of carbonyl (C=O) groups excluding carboxylic acids is 1. The van der Waals surface area contributed by atoms with Crippen LogP contribution in [0.4, 0.5) is 0 Å². The van der Waals surface area contributed by atoms with E-state index < -0.39 is 0 Å². The highest BCUT2D eigenvalue weighted by molar-refractivity contribution is 7.08. The number of nitrogens with zero attached hydrogens (tertiary/aromatic N) is 5. The van der Waals surface area contributed by atoms with Gasteiger partial charge in [-0.1, -0.05) is 5.16 Å². The van der Waals surface area contributed by atoms with Gasteiger partial charge in [0.05, 0.1) is 25.8 Å². The highest BCUT2D eigenvalue weighted by Gasteiger charge is 2.37. The average Bonchev–Trinajstić information content (AvgIpc) is 3.53. The van der Waals surface area contributed by atoms with E-state index in [9.17, 15) is 4.79 Å². The van der Waals surface area contributed by atoms with E-state index in [4.69, 9.17) is 14.0 Å². The molecule has 0 radical (unpaired) electrons. The van der Waals surface area contributed by atoms with Crippen molar-refractivity contribution in [3.8, 4) is 34.1 Å². The highest BCUT2D eigenvalue weighted by Crippen LogP contribution is 2.34. The van der Waals surface area contributed by atoms with Gasteiger partial charge < -0.3 is 18.9 Å². The summed E-state index contributed by atoms with van der Waals surface area (Å²) in [4.78, 5) is 19.3. The Bertz CT molecular complexity index is 1260. The fraction of sp³-hybridized carbons (Fsp3) is 0.273. The zero-order valence-electron chi connectivity index (χ0n) is 17.8. The Morgan fingerprint density at radius 3 is 2.75 bits per heavy atom. The van der Waals surface area contributed by atoms with Gasteiger partial charge in [-0.2, -0.15) is 21.4 Å². The number of thiophene rings is 1. The van der Waals surface area contributed by atoms with Gasteiger partial charge in [0.15, 0.2) is 0 Å². The SMILES string of the molecule is COc1ccc(OC)c(-c2cc(C(=O)N3CC(c4nc(-c5ccsc5)no4)C3)n(C)n2)c1. The topological polar surface area (TPSA) is 95.5 Å². The Balaban J connectivity index is 1.31. The van der Waals surface area contributed by atoms with E-state index in [0.717, 1.165) is 11.1 Å². The average molecular weight is 452 g/mol. The van der Waals surface area contributed by atoms with Gasteiger partial charge in [0.1, 0.15) is 17.2 Å². The summed E-state index contributed by atoms with van der Waals surface area (Å²) in [7, 11) is 4.96. The van der Waals surface area contributed by atoms with E-state index in [2.05, 4.69) is 15.2 Å². The van der Waals surface area contributed by atoms with Crippen molar-refractivity contribution in [3.05, 3.63) is 52.7 Å². The molecule has 1 aliphatic heterocycles. The van der Waals surface area contributed by atoms with Gasteiger partial charge in [-0.15, -0.1) is 0 Å². The Morgan fingerprint density at radius 1 is 1.19 bits per heavy atom. The summed E-state index contributed by atoms with van der Waals surface area (Å²) < 4.78 is 17.8. The van der Waals surface area contributed by atoms with Crippen molar-refractivity contribution in [3.63, 3.8) is 0 Å². The molecule has 32 heavy (non-hydrogen) atoms. The lowest BCUT2D eigenvalue weighted by Gasteiger charge is -2.36. The van der Waals surface area contributed by atoms with Gasteiger partial charge >= 0.3 is 0 Å². The number of aromatic nitrogens is 4. The molecular weight excluding hydrogens is 430 g/mol. The van der Waals surface area contributed by atoms with Gasteiger partial charge in [0, 0.05) is 36.6 Å². The number of methoxy groups -OCH3 is 2. The van der Waals surface area contributed by atoms with Crippen molar-refractivity contribution in [1.82, 2.24) is 24.8 Å². The van der Waals surface area contributed by atoms with Crippen molar-refractivity contribution >= 4 is 17.2 Å². The van der Waals surface area contributed by atoms with Gasteiger partial charge in [-0.25, -0.2) is 0 Å². The molecule has 1 saturated heterocycles. The minimum absolute atomic E-state index is 0.0324. The molecule has 0 spiro atoms. The number of rotatable bonds is 6. The first-order chi connectivity index (χ1) is 15.6. The van der Waals surface area contributed by atoms with Crippen LogP contribution >= 0.6 is 11.3 Å². The third-order valence-corrected chi connectivity index (χ3v) is 6.20. The standard InChI is InChI=1S/C22H21N5O4S/c1-26-18(9-17(24-26)16-8-15(29-2)4-5-19(16)30-3)22(28)27-10-14(11-27)21-23-20(25-31-21)13-6-7-32-12-13/h4-9,12,14H,10-11H2,1-3H3. The van der Waals surface area contributed by atoms with Gasteiger partial charge in [0.25, 0.3) is 5.91 Å². The number of hydrogen-bond acceptors (Lipinski definition) is 8. The molecule has 0 bridgehead atoms. The van der Waals surface area contributed by atoms with Crippen molar-refractivity contribution in [2.45, 2.75) is 5.92 Å². The van der Waals surface area contributed by atoms with E-state index in [1.165, 1.54) is 0 Å². The third kappa shape index (κ3) is 3.52.